The number of ether oxygens (including phenoxy) is 1. The van der Waals surface area contributed by atoms with Crippen LogP contribution in [0.5, 0.6) is 0 Å². The summed E-state index contributed by atoms with van der Waals surface area (Å²) < 4.78 is 6.85. The summed E-state index contributed by atoms with van der Waals surface area (Å²) in [6, 6.07) is 0. The highest BCUT2D eigenvalue weighted by Crippen LogP contribution is 2.20. The third-order valence-electron chi connectivity index (χ3n) is 2.90. The standard InChI is InChI=1S/C12H23N3O2/c1-15-9-11(8-14-15)4-6-12(16,10-17-2)5-3-7-13/h8-9,16H,3-7,10,13H2,1-2H3. The molecule has 0 aliphatic carbocycles. The van der Waals surface area contributed by atoms with Gasteiger partial charge in [0, 0.05) is 20.4 Å². The van der Waals surface area contributed by atoms with E-state index >= 15 is 0 Å². The Balaban J connectivity index is 2.48. The highest BCUT2D eigenvalue weighted by atomic mass is 16.5. The average Bonchev–Trinajstić information content (AvgIpc) is 2.71. The van der Waals surface area contributed by atoms with Gasteiger partial charge in [0.05, 0.1) is 18.4 Å². The van der Waals surface area contributed by atoms with E-state index in [0.29, 0.717) is 26.0 Å². The van der Waals surface area contributed by atoms with Crippen molar-refractivity contribution in [3.8, 4) is 0 Å². The number of nitrogens with two attached hydrogens (primary N) is 1. The van der Waals surface area contributed by atoms with Crippen LogP contribution in [-0.4, -0.2) is 40.7 Å². The van der Waals surface area contributed by atoms with E-state index in [1.807, 2.05) is 19.4 Å². The third kappa shape index (κ3) is 4.85. The first kappa shape index (κ1) is 14.2. The van der Waals surface area contributed by atoms with Crippen LogP contribution < -0.4 is 5.73 Å². The lowest BCUT2D eigenvalue weighted by molar-refractivity contribution is -0.0436. The van der Waals surface area contributed by atoms with Crippen LogP contribution in [0.3, 0.4) is 0 Å². The van der Waals surface area contributed by atoms with Gasteiger partial charge < -0.3 is 15.6 Å². The van der Waals surface area contributed by atoms with Crippen molar-refractivity contribution >= 4 is 0 Å². The molecule has 1 aromatic rings. The molecule has 0 spiro atoms. The Morgan fingerprint density at radius 2 is 2.29 bits per heavy atom. The Labute approximate surface area is 103 Å². The van der Waals surface area contributed by atoms with Gasteiger partial charge in [-0.05, 0) is 37.8 Å². The summed E-state index contributed by atoms with van der Waals surface area (Å²) in [4.78, 5) is 0. The third-order valence-corrected chi connectivity index (χ3v) is 2.90. The van der Waals surface area contributed by atoms with Gasteiger partial charge in [0.2, 0.25) is 0 Å². The van der Waals surface area contributed by atoms with Crippen LogP contribution in [0.4, 0.5) is 0 Å². The summed E-state index contributed by atoms with van der Waals surface area (Å²) in [6.45, 7) is 0.951. The SMILES string of the molecule is COCC(O)(CCCN)CCc1cnn(C)c1. The Hall–Kier alpha value is -0.910. The van der Waals surface area contributed by atoms with Gasteiger partial charge in [0.15, 0.2) is 0 Å². The molecule has 1 heterocycles. The van der Waals surface area contributed by atoms with Gasteiger partial charge in [-0.1, -0.05) is 0 Å². The lowest BCUT2D eigenvalue weighted by Gasteiger charge is -2.27. The summed E-state index contributed by atoms with van der Waals surface area (Å²) in [5, 5.41) is 14.5. The maximum atomic E-state index is 10.4. The van der Waals surface area contributed by atoms with Crippen LogP contribution in [0.1, 0.15) is 24.8 Å². The van der Waals surface area contributed by atoms with Gasteiger partial charge in [-0.15, -0.1) is 0 Å². The van der Waals surface area contributed by atoms with E-state index < -0.39 is 5.60 Å². The molecule has 0 saturated carbocycles. The Morgan fingerprint density at radius 3 is 2.82 bits per heavy atom. The molecule has 1 aromatic heterocycles. The highest BCUT2D eigenvalue weighted by molar-refractivity contribution is 5.04. The Bertz CT molecular complexity index is 327. The smallest absolute Gasteiger partial charge is 0.0883 e. The molecule has 5 heteroatoms. The second-order valence-electron chi connectivity index (χ2n) is 4.57. The molecule has 0 bridgehead atoms. The summed E-state index contributed by atoms with van der Waals surface area (Å²) in [6.07, 6.45) is 6.77. The van der Waals surface area contributed by atoms with Crippen LogP contribution in [0, 0.1) is 0 Å². The molecule has 3 N–H and O–H groups in total. The molecular formula is C12H23N3O2. The number of aliphatic hydroxyl groups is 1. The first-order chi connectivity index (χ1) is 8.09. The zero-order valence-electron chi connectivity index (χ0n) is 10.7. The maximum absolute atomic E-state index is 10.4. The predicted molar refractivity (Wildman–Crippen MR) is 66.6 cm³/mol. The van der Waals surface area contributed by atoms with Gasteiger partial charge in [-0.3, -0.25) is 4.68 Å². The maximum Gasteiger partial charge on any atom is 0.0883 e. The van der Waals surface area contributed by atoms with Crippen LogP contribution in [0.2, 0.25) is 0 Å². The van der Waals surface area contributed by atoms with Crippen molar-refractivity contribution in [3.63, 3.8) is 0 Å². The van der Waals surface area contributed by atoms with Gasteiger partial charge in [-0.25, -0.2) is 0 Å². The number of aromatic nitrogens is 2. The van der Waals surface area contributed by atoms with Crippen molar-refractivity contribution < 1.29 is 9.84 Å². The molecule has 1 atom stereocenters. The monoisotopic (exact) mass is 241 g/mol. The largest absolute Gasteiger partial charge is 0.387 e. The van der Waals surface area contributed by atoms with Crippen LogP contribution >= 0.6 is 0 Å². The molecule has 1 rings (SSSR count). The molecular weight excluding hydrogens is 218 g/mol. The van der Waals surface area contributed by atoms with Crippen LogP contribution in [0.15, 0.2) is 12.4 Å². The average molecular weight is 241 g/mol. The van der Waals surface area contributed by atoms with Gasteiger partial charge >= 0.3 is 0 Å². The molecule has 0 saturated heterocycles. The molecule has 0 amide bonds. The summed E-state index contributed by atoms with van der Waals surface area (Å²) in [5.41, 5.74) is 5.84. The van der Waals surface area contributed by atoms with Crippen molar-refractivity contribution in [2.75, 3.05) is 20.3 Å². The fourth-order valence-corrected chi connectivity index (χ4v) is 1.95. The Kier molecular flexibility index (Phi) is 5.61. The summed E-state index contributed by atoms with van der Waals surface area (Å²) in [7, 11) is 3.50. The number of rotatable bonds is 8. The predicted octanol–water partition coefficient (Wildman–Crippen LogP) is 0.469. The van der Waals surface area contributed by atoms with E-state index in [1.54, 1.807) is 11.8 Å². The number of aryl methyl sites for hydroxylation is 2. The molecule has 1 unspecified atom stereocenters. The molecule has 0 aliphatic heterocycles. The fourth-order valence-electron chi connectivity index (χ4n) is 1.95. The lowest BCUT2D eigenvalue weighted by Crippen LogP contribution is -2.35. The minimum Gasteiger partial charge on any atom is -0.387 e. The molecule has 0 radical (unpaired) electrons. The summed E-state index contributed by atoms with van der Waals surface area (Å²) >= 11 is 0. The first-order valence-electron chi connectivity index (χ1n) is 5.98. The topological polar surface area (TPSA) is 73.3 Å². The molecule has 0 fully saturated rings. The number of methoxy groups -OCH3 is 1. The van der Waals surface area contributed by atoms with E-state index in [0.717, 1.165) is 18.4 Å². The van der Waals surface area contributed by atoms with Crippen molar-refractivity contribution in [1.82, 2.24) is 9.78 Å². The normalized spacial score (nSPS) is 14.8. The Morgan fingerprint density at radius 1 is 1.53 bits per heavy atom. The molecule has 0 aromatic carbocycles. The minimum atomic E-state index is -0.774. The first-order valence-corrected chi connectivity index (χ1v) is 5.98. The van der Waals surface area contributed by atoms with E-state index in [9.17, 15) is 5.11 Å². The minimum absolute atomic E-state index is 0.354. The number of hydrogen-bond acceptors (Lipinski definition) is 4. The zero-order chi connectivity index (χ0) is 12.7. The van der Waals surface area contributed by atoms with Crippen LogP contribution in [0.25, 0.3) is 0 Å². The second-order valence-corrected chi connectivity index (χ2v) is 4.57. The fraction of sp³-hybridized carbons (Fsp3) is 0.750. The van der Waals surface area contributed by atoms with Gasteiger partial charge in [0.25, 0.3) is 0 Å². The highest BCUT2D eigenvalue weighted by Gasteiger charge is 2.26. The van der Waals surface area contributed by atoms with E-state index in [4.69, 9.17) is 10.5 Å². The van der Waals surface area contributed by atoms with Gasteiger partial charge in [-0.2, -0.15) is 5.10 Å². The van der Waals surface area contributed by atoms with E-state index in [-0.39, 0.29) is 0 Å². The van der Waals surface area contributed by atoms with Crippen molar-refractivity contribution in [1.29, 1.82) is 0 Å². The van der Waals surface area contributed by atoms with Crippen molar-refractivity contribution in [3.05, 3.63) is 18.0 Å². The molecule has 98 valence electrons. The van der Waals surface area contributed by atoms with Crippen molar-refractivity contribution in [2.24, 2.45) is 12.8 Å². The quantitative estimate of drug-likeness (QED) is 0.694. The number of hydrogen-bond donors (Lipinski definition) is 2. The zero-order valence-corrected chi connectivity index (χ0v) is 10.7. The number of nitrogens with zero attached hydrogens (tertiary/aromatic N) is 2. The molecule has 5 nitrogen and oxygen atoms in total. The molecule has 17 heavy (non-hydrogen) atoms. The van der Waals surface area contributed by atoms with E-state index in [1.165, 1.54) is 0 Å². The van der Waals surface area contributed by atoms with Gasteiger partial charge in [0.1, 0.15) is 0 Å². The van der Waals surface area contributed by atoms with E-state index in [2.05, 4.69) is 5.10 Å². The van der Waals surface area contributed by atoms with Crippen LogP contribution in [-0.2, 0) is 18.2 Å². The lowest BCUT2D eigenvalue weighted by atomic mass is 9.91. The molecule has 0 aliphatic rings. The van der Waals surface area contributed by atoms with Crippen molar-refractivity contribution in [2.45, 2.75) is 31.3 Å². The summed E-state index contributed by atoms with van der Waals surface area (Å²) in [5.74, 6) is 0. The second kappa shape index (κ2) is 6.74.